The lowest BCUT2D eigenvalue weighted by Gasteiger charge is -2.36. The van der Waals surface area contributed by atoms with Gasteiger partial charge in [-0.25, -0.2) is 0 Å². The van der Waals surface area contributed by atoms with E-state index in [9.17, 15) is 4.79 Å². The van der Waals surface area contributed by atoms with E-state index in [4.69, 9.17) is 15.2 Å². The summed E-state index contributed by atoms with van der Waals surface area (Å²) in [5.74, 6) is 0.0436. The highest BCUT2D eigenvalue weighted by molar-refractivity contribution is 5.85. The van der Waals surface area contributed by atoms with Crippen molar-refractivity contribution < 1.29 is 14.3 Å². The predicted molar refractivity (Wildman–Crippen MR) is 111 cm³/mol. The van der Waals surface area contributed by atoms with Gasteiger partial charge in [0, 0.05) is 45.9 Å². The number of hydrogen-bond acceptors (Lipinski definition) is 5. The van der Waals surface area contributed by atoms with Crippen molar-refractivity contribution in [1.29, 1.82) is 0 Å². The Morgan fingerprint density at radius 3 is 2.56 bits per heavy atom. The summed E-state index contributed by atoms with van der Waals surface area (Å²) in [5.41, 5.74) is 6.73. The Kier molecular flexibility index (Phi) is 10.6. The molecule has 1 unspecified atom stereocenters. The van der Waals surface area contributed by atoms with Gasteiger partial charge in [-0.3, -0.25) is 9.69 Å². The summed E-state index contributed by atoms with van der Waals surface area (Å²) < 4.78 is 11.2. The van der Waals surface area contributed by atoms with Crippen LogP contribution in [0.25, 0.3) is 0 Å². The molecule has 0 saturated carbocycles. The van der Waals surface area contributed by atoms with Crippen molar-refractivity contribution in [1.82, 2.24) is 10.2 Å². The van der Waals surface area contributed by atoms with Gasteiger partial charge < -0.3 is 20.5 Å². The van der Waals surface area contributed by atoms with Crippen LogP contribution in [0, 0.1) is 5.41 Å². The maximum atomic E-state index is 12.7. The number of carbonyl (C=O) groups excluding carboxylic acids is 1. The standard InChI is InChI=1S/C19H29N3O3.2ClH/c20-15-19(6-9-24-10-7-19)18(23)21-12-17-14-22(8-11-25-17)13-16-4-2-1-3-5-16;;/h1-5,17H,6-15,20H2,(H,21,23);2*1H. The molecule has 2 aliphatic heterocycles. The lowest BCUT2D eigenvalue weighted by Crippen LogP contribution is -2.53. The first-order chi connectivity index (χ1) is 12.2. The number of carbonyl (C=O) groups is 1. The van der Waals surface area contributed by atoms with Crippen LogP contribution >= 0.6 is 24.8 Å². The smallest absolute Gasteiger partial charge is 0.227 e. The van der Waals surface area contributed by atoms with Crippen LogP contribution < -0.4 is 11.1 Å². The summed E-state index contributed by atoms with van der Waals surface area (Å²) in [6.07, 6.45) is 1.41. The molecule has 3 rings (SSSR count). The highest BCUT2D eigenvalue weighted by atomic mass is 35.5. The molecule has 6 nitrogen and oxygen atoms in total. The summed E-state index contributed by atoms with van der Waals surface area (Å²) in [6, 6.07) is 10.4. The molecule has 1 aromatic rings. The quantitative estimate of drug-likeness (QED) is 0.731. The van der Waals surface area contributed by atoms with Crippen LogP contribution in [0.15, 0.2) is 30.3 Å². The van der Waals surface area contributed by atoms with E-state index in [1.807, 2.05) is 6.07 Å². The largest absolute Gasteiger partial charge is 0.381 e. The number of ether oxygens (including phenoxy) is 2. The topological polar surface area (TPSA) is 76.8 Å². The molecule has 0 aliphatic carbocycles. The van der Waals surface area contributed by atoms with Gasteiger partial charge in [-0.2, -0.15) is 0 Å². The maximum absolute atomic E-state index is 12.7. The van der Waals surface area contributed by atoms with Gasteiger partial charge in [-0.05, 0) is 18.4 Å². The predicted octanol–water partition coefficient (Wildman–Crippen LogP) is 1.60. The van der Waals surface area contributed by atoms with Crippen molar-refractivity contribution >= 4 is 30.7 Å². The van der Waals surface area contributed by atoms with E-state index in [-0.39, 0.29) is 36.8 Å². The number of rotatable bonds is 6. The molecule has 1 amide bonds. The lowest BCUT2D eigenvalue weighted by atomic mass is 9.79. The zero-order valence-corrected chi connectivity index (χ0v) is 17.2. The number of benzene rings is 1. The summed E-state index contributed by atoms with van der Waals surface area (Å²) in [6.45, 7) is 5.48. The lowest BCUT2D eigenvalue weighted by molar-refractivity contribution is -0.137. The minimum Gasteiger partial charge on any atom is -0.381 e. The van der Waals surface area contributed by atoms with Crippen LogP contribution in [0.1, 0.15) is 18.4 Å². The monoisotopic (exact) mass is 419 g/mol. The Hall–Kier alpha value is -0.890. The average Bonchev–Trinajstić information content (AvgIpc) is 2.68. The molecule has 8 heteroatoms. The fourth-order valence-corrected chi connectivity index (χ4v) is 3.57. The zero-order chi connectivity index (χ0) is 17.5. The van der Waals surface area contributed by atoms with Gasteiger partial charge in [0.05, 0.1) is 18.1 Å². The molecule has 2 saturated heterocycles. The first kappa shape index (κ1) is 24.1. The molecule has 2 fully saturated rings. The van der Waals surface area contributed by atoms with Gasteiger partial charge >= 0.3 is 0 Å². The van der Waals surface area contributed by atoms with E-state index in [1.54, 1.807) is 0 Å². The molecule has 1 atom stereocenters. The van der Waals surface area contributed by atoms with E-state index >= 15 is 0 Å². The van der Waals surface area contributed by atoms with Crippen molar-refractivity contribution in [2.45, 2.75) is 25.5 Å². The maximum Gasteiger partial charge on any atom is 0.227 e. The van der Waals surface area contributed by atoms with Crippen LogP contribution in [0.2, 0.25) is 0 Å². The number of nitrogens with one attached hydrogen (secondary N) is 1. The average molecular weight is 420 g/mol. The Bertz CT molecular complexity index is 556. The SMILES string of the molecule is Cl.Cl.NCC1(C(=O)NCC2CN(Cc3ccccc3)CCO2)CCOCC1. The zero-order valence-electron chi connectivity index (χ0n) is 15.6. The molecule has 0 aromatic heterocycles. The van der Waals surface area contributed by atoms with Gasteiger partial charge in [-0.15, -0.1) is 24.8 Å². The second-order valence-corrected chi connectivity index (χ2v) is 7.02. The van der Waals surface area contributed by atoms with Crippen LogP contribution in [-0.4, -0.2) is 62.9 Å². The molecule has 1 aromatic carbocycles. The van der Waals surface area contributed by atoms with E-state index in [1.165, 1.54) is 5.56 Å². The first-order valence-corrected chi connectivity index (χ1v) is 9.16. The molecule has 2 heterocycles. The Balaban J connectivity index is 0.00000182. The van der Waals surface area contributed by atoms with Gasteiger partial charge in [-0.1, -0.05) is 30.3 Å². The third-order valence-corrected chi connectivity index (χ3v) is 5.28. The van der Waals surface area contributed by atoms with E-state index in [2.05, 4.69) is 34.5 Å². The molecule has 3 N–H and O–H groups in total. The molecule has 154 valence electrons. The number of nitrogens with zero attached hydrogens (tertiary/aromatic N) is 1. The third kappa shape index (κ3) is 6.59. The van der Waals surface area contributed by atoms with Gasteiger partial charge in [0.2, 0.25) is 5.91 Å². The summed E-state index contributed by atoms with van der Waals surface area (Å²) in [7, 11) is 0. The Morgan fingerprint density at radius 1 is 1.19 bits per heavy atom. The fourth-order valence-electron chi connectivity index (χ4n) is 3.57. The molecule has 2 aliphatic rings. The number of hydrogen-bond donors (Lipinski definition) is 2. The normalized spacial score (nSPS) is 22.2. The molecule has 0 bridgehead atoms. The number of amides is 1. The van der Waals surface area contributed by atoms with E-state index in [0.717, 1.165) is 19.6 Å². The Labute approximate surface area is 174 Å². The summed E-state index contributed by atoms with van der Waals surface area (Å²) in [4.78, 5) is 15.0. The summed E-state index contributed by atoms with van der Waals surface area (Å²) >= 11 is 0. The van der Waals surface area contributed by atoms with Gasteiger partial charge in [0.1, 0.15) is 0 Å². The van der Waals surface area contributed by atoms with Crippen molar-refractivity contribution in [3.63, 3.8) is 0 Å². The minimum atomic E-state index is -0.476. The van der Waals surface area contributed by atoms with Crippen molar-refractivity contribution in [2.75, 3.05) is 46.0 Å². The van der Waals surface area contributed by atoms with Crippen LogP contribution in [0.3, 0.4) is 0 Å². The number of morpholine rings is 1. The number of nitrogens with two attached hydrogens (primary N) is 1. The van der Waals surface area contributed by atoms with Crippen LogP contribution in [0.4, 0.5) is 0 Å². The van der Waals surface area contributed by atoms with Gasteiger partial charge in [0.15, 0.2) is 0 Å². The fraction of sp³-hybridized carbons (Fsp3) is 0.632. The third-order valence-electron chi connectivity index (χ3n) is 5.28. The van der Waals surface area contributed by atoms with Gasteiger partial charge in [0.25, 0.3) is 0 Å². The number of halogens is 2. The van der Waals surface area contributed by atoms with E-state index in [0.29, 0.717) is 45.8 Å². The second kappa shape index (κ2) is 11.8. The Morgan fingerprint density at radius 2 is 1.89 bits per heavy atom. The van der Waals surface area contributed by atoms with Crippen LogP contribution in [0.5, 0.6) is 0 Å². The minimum absolute atomic E-state index is 0. The highest BCUT2D eigenvalue weighted by Crippen LogP contribution is 2.29. The van der Waals surface area contributed by atoms with E-state index < -0.39 is 5.41 Å². The van der Waals surface area contributed by atoms with Crippen LogP contribution in [-0.2, 0) is 20.8 Å². The molecular weight excluding hydrogens is 389 g/mol. The summed E-state index contributed by atoms with van der Waals surface area (Å²) in [5, 5.41) is 3.07. The van der Waals surface area contributed by atoms with Crippen molar-refractivity contribution in [3.8, 4) is 0 Å². The molecule has 0 spiro atoms. The molecule has 27 heavy (non-hydrogen) atoms. The van der Waals surface area contributed by atoms with Crippen molar-refractivity contribution in [3.05, 3.63) is 35.9 Å². The highest BCUT2D eigenvalue weighted by Gasteiger charge is 2.39. The second-order valence-electron chi connectivity index (χ2n) is 7.02. The molecule has 0 radical (unpaired) electrons. The van der Waals surface area contributed by atoms with Crippen molar-refractivity contribution in [2.24, 2.45) is 11.1 Å². The first-order valence-electron chi connectivity index (χ1n) is 9.16. The molecular formula is C19H31Cl2N3O3.